The Hall–Kier alpha value is -1.66. The standard InChI is InChI=1S/C15H14BrNO4/c1-7-6-8(2-3-9(7)16)17-14(18)12-10-4-5-11(21-10)13(12)15(19)20/h2-6,10-13H,1H3,(H,17,18)(H,19,20)/t10-,11+,12+,13+/m1/s1. The monoisotopic (exact) mass is 351 g/mol. The first kappa shape index (κ1) is 14.3. The number of aliphatic carboxylic acids is 1. The maximum Gasteiger partial charge on any atom is 0.310 e. The maximum absolute atomic E-state index is 12.4. The fraction of sp³-hybridized carbons (Fsp3) is 0.333. The largest absolute Gasteiger partial charge is 0.481 e. The molecule has 0 aliphatic carbocycles. The molecule has 2 bridgehead atoms. The number of ether oxygens (including phenoxy) is 1. The predicted octanol–water partition coefficient (Wildman–Crippen LogP) is 2.35. The highest BCUT2D eigenvalue weighted by molar-refractivity contribution is 9.10. The van der Waals surface area contributed by atoms with Crippen LogP contribution in [0.5, 0.6) is 0 Å². The summed E-state index contributed by atoms with van der Waals surface area (Å²) < 4.78 is 6.45. The van der Waals surface area contributed by atoms with Gasteiger partial charge in [0.25, 0.3) is 0 Å². The second-order valence-electron chi connectivity index (χ2n) is 5.29. The lowest BCUT2D eigenvalue weighted by molar-refractivity contribution is -0.145. The molecule has 1 saturated heterocycles. The molecule has 0 unspecified atom stereocenters. The Morgan fingerprint density at radius 3 is 2.52 bits per heavy atom. The van der Waals surface area contributed by atoms with Crippen LogP contribution in [0.25, 0.3) is 0 Å². The van der Waals surface area contributed by atoms with E-state index in [1.807, 2.05) is 19.1 Å². The van der Waals surface area contributed by atoms with Gasteiger partial charge in [-0.3, -0.25) is 9.59 Å². The van der Waals surface area contributed by atoms with Gasteiger partial charge in [0.2, 0.25) is 5.91 Å². The van der Waals surface area contributed by atoms with Crippen LogP contribution in [0.15, 0.2) is 34.8 Å². The predicted molar refractivity (Wildman–Crippen MR) is 79.9 cm³/mol. The Balaban J connectivity index is 1.80. The fourth-order valence-electron chi connectivity index (χ4n) is 2.86. The van der Waals surface area contributed by atoms with Gasteiger partial charge in [0.05, 0.1) is 18.1 Å². The number of hydrogen-bond donors (Lipinski definition) is 2. The number of fused-ring (bicyclic) bond motifs is 2. The van der Waals surface area contributed by atoms with Crippen molar-refractivity contribution in [1.29, 1.82) is 0 Å². The van der Waals surface area contributed by atoms with Gasteiger partial charge in [0.1, 0.15) is 5.92 Å². The number of carbonyl (C=O) groups excluding carboxylic acids is 1. The van der Waals surface area contributed by atoms with Crippen molar-refractivity contribution in [3.05, 3.63) is 40.4 Å². The summed E-state index contributed by atoms with van der Waals surface area (Å²) in [6.45, 7) is 1.92. The van der Waals surface area contributed by atoms with E-state index in [1.54, 1.807) is 18.2 Å². The third-order valence-electron chi connectivity index (χ3n) is 3.91. The molecule has 110 valence electrons. The second kappa shape index (κ2) is 5.27. The van der Waals surface area contributed by atoms with Gasteiger partial charge >= 0.3 is 5.97 Å². The number of carbonyl (C=O) groups is 2. The molecule has 1 amide bonds. The maximum atomic E-state index is 12.4. The summed E-state index contributed by atoms with van der Waals surface area (Å²) in [7, 11) is 0. The van der Waals surface area contributed by atoms with Crippen LogP contribution in [0.3, 0.4) is 0 Å². The Bertz CT molecular complexity index is 643. The molecule has 0 radical (unpaired) electrons. The number of amides is 1. The number of carboxylic acid groups (broad SMARTS) is 1. The van der Waals surface area contributed by atoms with Crippen LogP contribution < -0.4 is 5.32 Å². The molecule has 21 heavy (non-hydrogen) atoms. The van der Waals surface area contributed by atoms with Crippen molar-refractivity contribution < 1.29 is 19.4 Å². The molecule has 0 saturated carbocycles. The number of rotatable bonds is 3. The fourth-order valence-corrected chi connectivity index (χ4v) is 3.11. The van der Waals surface area contributed by atoms with E-state index in [9.17, 15) is 14.7 Å². The summed E-state index contributed by atoms with van der Waals surface area (Å²) >= 11 is 3.40. The van der Waals surface area contributed by atoms with Crippen LogP contribution >= 0.6 is 15.9 Å². The zero-order chi connectivity index (χ0) is 15.1. The van der Waals surface area contributed by atoms with Crippen molar-refractivity contribution in [3.63, 3.8) is 0 Å². The van der Waals surface area contributed by atoms with Gasteiger partial charge in [0, 0.05) is 10.2 Å². The quantitative estimate of drug-likeness (QED) is 0.819. The number of carboxylic acids is 1. The van der Waals surface area contributed by atoms with Crippen LogP contribution in [0.1, 0.15) is 5.56 Å². The summed E-state index contributed by atoms with van der Waals surface area (Å²) in [6.07, 6.45) is 2.53. The molecular formula is C15H14BrNO4. The average molecular weight is 352 g/mol. The third kappa shape index (κ3) is 2.49. The molecular weight excluding hydrogens is 338 g/mol. The van der Waals surface area contributed by atoms with Crippen LogP contribution in [-0.4, -0.2) is 29.2 Å². The zero-order valence-electron chi connectivity index (χ0n) is 11.2. The Labute approximate surface area is 130 Å². The van der Waals surface area contributed by atoms with Gasteiger partial charge in [-0.1, -0.05) is 28.1 Å². The second-order valence-corrected chi connectivity index (χ2v) is 6.15. The Morgan fingerprint density at radius 1 is 1.24 bits per heavy atom. The van der Waals surface area contributed by atoms with Gasteiger partial charge in [-0.15, -0.1) is 0 Å². The van der Waals surface area contributed by atoms with Gasteiger partial charge < -0.3 is 15.2 Å². The lowest BCUT2D eigenvalue weighted by Crippen LogP contribution is -2.39. The Kier molecular flexibility index (Phi) is 3.59. The van der Waals surface area contributed by atoms with Crippen LogP contribution in [0.4, 0.5) is 5.69 Å². The summed E-state index contributed by atoms with van der Waals surface area (Å²) in [5.74, 6) is -2.84. The van der Waals surface area contributed by atoms with E-state index in [0.29, 0.717) is 5.69 Å². The van der Waals surface area contributed by atoms with E-state index in [2.05, 4.69) is 21.2 Å². The van der Waals surface area contributed by atoms with Gasteiger partial charge in [0.15, 0.2) is 0 Å². The van der Waals surface area contributed by atoms with Gasteiger partial charge in [-0.05, 0) is 30.7 Å². The smallest absolute Gasteiger partial charge is 0.310 e. The minimum absolute atomic E-state index is 0.319. The van der Waals surface area contributed by atoms with Crippen LogP contribution in [0.2, 0.25) is 0 Å². The number of aryl methyl sites for hydroxylation is 1. The van der Waals surface area contributed by atoms with Crippen molar-refractivity contribution in [3.8, 4) is 0 Å². The molecule has 4 atom stereocenters. The van der Waals surface area contributed by atoms with Crippen molar-refractivity contribution >= 4 is 33.5 Å². The molecule has 2 N–H and O–H groups in total. The molecule has 1 aromatic rings. The molecule has 2 aliphatic rings. The minimum atomic E-state index is -1.00. The van der Waals surface area contributed by atoms with E-state index in [0.717, 1.165) is 10.0 Å². The summed E-state index contributed by atoms with van der Waals surface area (Å²) in [4.78, 5) is 23.8. The summed E-state index contributed by atoms with van der Waals surface area (Å²) in [5, 5.41) is 12.1. The van der Waals surface area contributed by atoms with E-state index in [4.69, 9.17) is 4.74 Å². The highest BCUT2D eigenvalue weighted by atomic mass is 79.9. The number of hydrogen-bond acceptors (Lipinski definition) is 3. The SMILES string of the molecule is Cc1cc(NC(=O)[C@@H]2[C@@H](C(=O)O)[C@@H]3C=C[C@H]2O3)ccc1Br. The number of nitrogens with one attached hydrogen (secondary N) is 1. The molecule has 2 heterocycles. The first-order chi connectivity index (χ1) is 9.97. The lowest BCUT2D eigenvalue weighted by atomic mass is 9.82. The average Bonchev–Trinajstić information content (AvgIpc) is 3.03. The number of halogens is 1. The summed E-state index contributed by atoms with van der Waals surface area (Å²) in [6, 6.07) is 5.45. The molecule has 6 heteroatoms. The molecule has 5 nitrogen and oxygen atoms in total. The summed E-state index contributed by atoms with van der Waals surface area (Å²) in [5.41, 5.74) is 1.64. The highest BCUT2D eigenvalue weighted by Crippen LogP contribution is 2.39. The number of benzene rings is 1. The molecule has 1 fully saturated rings. The topological polar surface area (TPSA) is 75.6 Å². The third-order valence-corrected chi connectivity index (χ3v) is 4.80. The zero-order valence-corrected chi connectivity index (χ0v) is 12.8. The van der Waals surface area contributed by atoms with E-state index < -0.39 is 30.0 Å². The molecule has 0 spiro atoms. The van der Waals surface area contributed by atoms with Crippen molar-refractivity contribution in [2.75, 3.05) is 5.32 Å². The molecule has 0 aromatic heterocycles. The van der Waals surface area contributed by atoms with Gasteiger partial charge in [-0.25, -0.2) is 0 Å². The van der Waals surface area contributed by atoms with E-state index in [-0.39, 0.29) is 5.91 Å². The minimum Gasteiger partial charge on any atom is -0.481 e. The molecule has 2 aliphatic heterocycles. The lowest BCUT2D eigenvalue weighted by Gasteiger charge is -2.21. The highest BCUT2D eigenvalue weighted by Gasteiger charge is 2.53. The van der Waals surface area contributed by atoms with Crippen LogP contribution in [-0.2, 0) is 14.3 Å². The molecule has 3 rings (SSSR count). The Morgan fingerprint density at radius 2 is 1.90 bits per heavy atom. The number of anilines is 1. The normalized spacial score (nSPS) is 29.6. The van der Waals surface area contributed by atoms with Crippen molar-refractivity contribution in [2.45, 2.75) is 19.1 Å². The van der Waals surface area contributed by atoms with Gasteiger partial charge in [-0.2, -0.15) is 0 Å². The van der Waals surface area contributed by atoms with E-state index in [1.165, 1.54) is 0 Å². The van der Waals surface area contributed by atoms with Crippen molar-refractivity contribution in [2.24, 2.45) is 11.8 Å². The first-order valence-electron chi connectivity index (χ1n) is 6.61. The van der Waals surface area contributed by atoms with Crippen molar-refractivity contribution in [1.82, 2.24) is 0 Å². The van der Waals surface area contributed by atoms with E-state index >= 15 is 0 Å². The van der Waals surface area contributed by atoms with Crippen LogP contribution in [0, 0.1) is 18.8 Å². The molecule has 1 aromatic carbocycles. The first-order valence-corrected chi connectivity index (χ1v) is 7.40.